The van der Waals surface area contributed by atoms with Crippen molar-refractivity contribution in [2.75, 3.05) is 7.11 Å². The van der Waals surface area contributed by atoms with Gasteiger partial charge in [0.25, 0.3) is 5.60 Å². The zero-order valence-electron chi connectivity index (χ0n) is 16.1. The molecule has 0 heterocycles. The van der Waals surface area contributed by atoms with Crippen LogP contribution in [0.2, 0.25) is 0 Å². The van der Waals surface area contributed by atoms with Crippen molar-refractivity contribution < 1.29 is 41.0 Å². The fourth-order valence-corrected chi connectivity index (χ4v) is 5.60. The molecule has 0 spiro atoms. The summed E-state index contributed by atoms with van der Waals surface area (Å²) < 4.78 is 79.9. The number of fused-ring (bicyclic) bond motifs is 4. The summed E-state index contributed by atoms with van der Waals surface area (Å²) >= 11 is 0. The molecule has 0 aromatic carbocycles. The third-order valence-corrected chi connectivity index (χ3v) is 7.16. The Morgan fingerprint density at radius 1 is 1.00 bits per heavy atom. The maximum atomic E-state index is 12.5. The number of carbonyl (C=O) groups is 1. The van der Waals surface area contributed by atoms with Crippen molar-refractivity contribution in [3.05, 3.63) is 12.2 Å². The lowest BCUT2D eigenvalue weighted by atomic mass is 9.79. The third kappa shape index (κ3) is 4.30. The summed E-state index contributed by atoms with van der Waals surface area (Å²) in [5.41, 5.74) is -4.56. The van der Waals surface area contributed by atoms with Gasteiger partial charge >= 0.3 is 18.3 Å². The summed E-state index contributed by atoms with van der Waals surface area (Å²) in [5, 5.41) is 9.12. The Hall–Kier alpha value is -1.25. The molecule has 4 bridgehead atoms. The minimum absolute atomic E-state index is 0.0261. The summed E-state index contributed by atoms with van der Waals surface area (Å²) in [4.78, 5) is 11.1. The van der Waals surface area contributed by atoms with Crippen molar-refractivity contribution in [3.8, 4) is 0 Å². The van der Waals surface area contributed by atoms with E-state index in [1.54, 1.807) is 0 Å². The number of hydrogen-bond acceptors (Lipinski definition) is 3. The van der Waals surface area contributed by atoms with Crippen molar-refractivity contribution in [1.29, 1.82) is 0 Å². The summed E-state index contributed by atoms with van der Waals surface area (Å²) in [5.74, 6) is 0.752. The second-order valence-corrected chi connectivity index (χ2v) is 8.90. The number of alkyl halides is 6. The van der Waals surface area contributed by atoms with Gasteiger partial charge in [-0.25, -0.2) is 0 Å². The molecule has 4 rings (SSSR count). The van der Waals surface area contributed by atoms with Gasteiger partial charge in [0.05, 0.1) is 13.0 Å². The van der Waals surface area contributed by atoms with Crippen LogP contribution in [0.25, 0.3) is 0 Å². The molecule has 6 atom stereocenters. The molecule has 9 heteroatoms. The third-order valence-electron chi connectivity index (χ3n) is 7.16. The molecule has 0 saturated heterocycles. The van der Waals surface area contributed by atoms with Crippen LogP contribution in [0.5, 0.6) is 0 Å². The normalized spacial score (nSPS) is 35.6. The molecule has 166 valence electrons. The molecule has 3 saturated carbocycles. The van der Waals surface area contributed by atoms with Gasteiger partial charge in [0.15, 0.2) is 0 Å². The van der Waals surface area contributed by atoms with E-state index in [0.717, 1.165) is 12.8 Å². The van der Waals surface area contributed by atoms with Gasteiger partial charge in [-0.15, -0.1) is 0 Å². The average molecular weight is 428 g/mol. The summed E-state index contributed by atoms with van der Waals surface area (Å²) in [6, 6.07) is 0. The predicted molar refractivity (Wildman–Crippen MR) is 91.5 cm³/mol. The molecular formula is C20H26F6O3. The van der Waals surface area contributed by atoms with Crippen LogP contribution in [-0.4, -0.2) is 36.1 Å². The molecular weight excluding hydrogens is 402 g/mol. The summed E-state index contributed by atoms with van der Waals surface area (Å²) in [6.45, 7) is 0. The van der Waals surface area contributed by atoms with E-state index in [1.807, 2.05) is 0 Å². The zero-order chi connectivity index (χ0) is 21.6. The SMILES string of the molecule is COC(=O)C1CC2C=CC1C2.OC(CC1CC2CCC1C2)(C(F)(F)F)C(F)(F)F. The first kappa shape index (κ1) is 22.4. The number of aliphatic hydroxyl groups is 1. The maximum absolute atomic E-state index is 12.5. The minimum Gasteiger partial charge on any atom is -0.469 e. The lowest BCUT2D eigenvalue weighted by Crippen LogP contribution is -2.58. The largest absolute Gasteiger partial charge is 0.469 e. The highest BCUT2D eigenvalue weighted by Gasteiger charge is 2.71. The number of esters is 1. The van der Waals surface area contributed by atoms with E-state index >= 15 is 0 Å². The number of ether oxygens (including phenoxy) is 1. The minimum atomic E-state index is -5.67. The van der Waals surface area contributed by atoms with Gasteiger partial charge in [-0.1, -0.05) is 18.6 Å². The van der Waals surface area contributed by atoms with Gasteiger partial charge in [-0.05, 0) is 68.1 Å². The van der Waals surface area contributed by atoms with E-state index in [2.05, 4.69) is 12.2 Å². The fourth-order valence-electron chi connectivity index (χ4n) is 5.60. The number of rotatable bonds is 3. The lowest BCUT2D eigenvalue weighted by molar-refractivity contribution is -0.373. The first-order chi connectivity index (χ1) is 13.4. The average Bonchev–Trinajstić information content (AvgIpc) is 3.40. The van der Waals surface area contributed by atoms with Crippen LogP contribution >= 0.6 is 0 Å². The lowest BCUT2D eigenvalue weighted by Gasteiger charge is -2.36. The molecule has 4 aliphatic rings. The van der Waals surface area contributed by atoms with E-state index in [1.165, 1.54) is 13.5 Å². The molecule has 0 aromatic heterocycles. The van der Waals surface area contributed by atoms with Gasteiger partial charge in [0, 0.05) is 0 Å². The highest BCUT2D eigenvalue weighted by atomic mass is 19.4. The molecule has 3 fully saturated rings. The van der Waals surface area contributed by atoms with E-state index in [9.17, 15) is 31.1 Å². The van der Waals surface area contributed by atoms with Gasteiger partial charge in [0.2, 0.25) is 0 Å². The maximum Gasteiger partial charge on any atom is 0.426 e. The van der Waals surface area contributed by atoms with Crippen LogP contribution in [0.4, 0.5) is 26.3 Å². The number of hydrogen-bond donors (Lipinski definition) is 1. The summed E-state index contributed by atoms with van der Waals surface area (Å²) in [7, 11) is 1.47. The molecule has 6 unspecified atom stereocenters. The van der Waals surface area contributed by atoms with Crippen LogP contribution in [0.3, 0.4) is 0 Å². The highest BCUT2D eigenvalue weighted by molar-refractivity contribution is 5.73. The van der Waals surface area contributed by atoms with Gasteiger partial charge in [-0.3, -0.25) is 4.79 Å². The second kappa shape index (κ2) is 7.78. The standard InChI is InChI=1S/C11H14F6O.C9H12O2/c12-10(13,14)9(18,11(15,16)17)5-8-4-6-1-2-7(8)3-6;1-11-9(10)8-5-6-2-3-7(8)4-6/h6-8,18H,1-5H2;2-3,6-8H,4-5H2,1H3. The second-order valence-electron chi connectivity index (χ2n) is 8.90. The van der Waals surface area contributed by atoms with E-state index in [-0.39, 0.29) is 23.7 Å². The topological polar surface area (TPSA) is 46.5 Å². The first-order valence-corrected chi connectivity index (χ1v) is 9.97. The van der Waals surface area contributed by atoms with Crippen molar-refractivity contribution in [2.45, 2.75) is 62.9 Å². The molecule has 0 aromatic rings. The van der Waals surface area contributed by atoms with Gasteiger partial charge < -0.3 is 9.84 Å². The predicted octanol–water partition coefficient (Wildman–Crippen LogP) is 5.04. The molecule has 1 N–H and O–H groups in total. The number of methoxy groups -OCH3 is 1. The van der Waals surface area contributed by atoms with E-state index in [0.29, 0.717) is 31.1 Å². The number of halogens is 6. The molecule has 3 nitrogen and oxygen atoms in total. The molecule has 0 amide bonds. The first-order valence-electron chi connectivity index (χ1n) is 9.97. The van der Waals surface area contributed by atoms with E-state index < -0.39 is 30.3 Å². The van der Waals surface area contributed by atoms with Crippen LogP contribution in [0.1, 0.15) is 44.9 Å². The molecule has 29 heavy (non-hydrogen) atoms. The fraction of sp³-hybridized carbons (Fsp3) is 0.850. The Bertz CT molecular complexity index is 627. The Kier molecular flexibility index (Phi) is 6.02. The van der Waals surface area contributed by atoms with Crippen LogP contribution in [0, 0.1) is 35.5 Å². The smallest absolute Gasteiger partial charge is 0.426 e. The Balaban J connectivity index is 0.000000186. The molecule has 0 radical (unpaired) electrons. The Morgan fingerprint density at radius 2 is 1.66 bits per heavy atom. The van der Waals surface area contributed by atoms with Gasteiger partial charge in [-0.2, -0.15) is 26.3 Å². The highest BCUT2D eigenvalue weighted by Crippen LogP contribution is 2.55. The quantitative estimate of drug-likeness (QED) is 0.389. The monoisotopic (exact) mass is 428 g/mol. The van der Waals surface area contributed by atoms with Crippen molar-refractivity contribution in [3.63, 3.8) is 0 Å². The van der Waals surface area contributed by atoms with Crippen molar-refractivity contribution in [2.24, 2.45) is 35.5 Å². The van der Waals surface area contributed by atoms with Gasteiger partial charge in [0.1, 0.15) is 0 Å². The number of carbonyl (C=O) groups excluding carboxylic acids is 1. The zero-order valence-corrected chi connectivity index (χ0v) is 16.1. The van der Waals surface area contributed by atoms with Crippen LogP contribution in [-0.2, 0) is 9.53 Å². The van der Waals surface area contributed by atoms with E-state index in [4.69, 9.17) is 9.84 Å². The Labute approximate surface area is 165 Å². The number of allylic oxidation sites excluding steroid dienone is 2. The summed E-state index contributed by atoms with van der Waals surface area (Å²) in [6.07, 6.45) is -3.39. The molecule has 0 aliphatic heterocycles. The Morgan fingerprint density at radius 3 is 2.03 bits per heavy atom. The van der Waals surface area contributed by atoms with Crippen LogP contribution < -0.4 is 0 Å². The van der Waals surface area contributed by atoms with Crippen molar-refractivity contribution in [1.82, 2.24) is 0 Å². The van der Waals surface area contributed by atoms with Crippen LogP contribution in [0.15, 0.2) is 12.2 Å². The molecule has 4 aliphatic carbocycles. The van der Waals surface area contributed by atoms with Crippen molar-refractivity contribution >= 4 is 5.97 Å².